The Bertz CT molecular complexity index is 1060. The van der Waals surface area contributed by atoms with Crippen LogP contribution in [0.5, 0.6) is 5.75 Å². The van der Waals surface area contributed by atoms with E-state index < -0.39 is 35.6 Å². The normalized spacial score (nSPS) is 12.8. The molecule has 0 aromatic heterocycles. The van der Waals surface area contributed by atoms with Crippen LogP contribution in [0.1, 0.15) is 50.4 Å². The smallest absolute Gasteiger partial charge is 0.408 e. The number of amides is 3. The Kier molecular flexibility index (Phi) is 9.86. The number of anilines is 1. The maximum Gasteiger partial charge on any atom is 0.408 e. The molecular weight excluding hydrogens is 462 g/mol. The molecule has 0 spiro atoms. The van der Waals surface area contributed by atoms with Crippen LogP contribution < -0.4 is 15.4 Å². The van der Waals surface area contributed by atoms with Gasteiger partial charge in [0.05, 0.1) is 13.7 Å². The third-order valence-corrected chi connectivity index (χ3v) is 5.37. The molecule has 0 heterocycles. The molecule has 2 atom stereocenters. The lowest BCUT2D eigenvalue weighted by Crippen LogP contribution is -2.52. The number of alkyl carbamates (subject to hydrolysis) is 1. The van der Waals surface area contributed by atoms with Gasteiger partial charge in [-0.3, -0.25) is 9.59 Å². The SMILES string of the molecule is COc1ccc(NC(=O)C(c2ccc(C)cc2C)N(CCO)C(=O)C(C)NC(=O)OC(C)(C)C)cc1. The second kappa shape index (κ2) is 12.4. The van der Waals surface area contributed by atoms with Gasteiger partial charge in [0, 0.05) is 12.2 Å². The number of hydrogen-bond acceptors (Lipinski definition) is 6. The molecule has 0 aliphatic carbocycles. The van der Waals surface area contributed by atoms with Crippen LogP contribution in [0.2, 0.25) is 0 Å². The summed E-state index contributed by atoms with van der Waals surface area (Å²) >= 11 is 0. The minimum Gasteiger partial charge on any atom is -0.497 e. The lowest BCUT2D eigenvalue weighted by molar-refractivity contribution is -0.141. The molecule has 3 N–H and O–H groups in total. The monoisotopic (exact) mass is 499 g/mol. The van der Waals surface area contributed by atoms with Gasteiger partial charge in [0.2, 0.25) is 5.91 Å². The summed E-state index contributed by atoms with van der Waals surface area (Å²) in [5.74, 6) is -0.360. The Labute approximate surface area is 212 Å². The molecule has 2 rings (SSSR count). The third-order valence-electron chi connectivity index (χ3n) is 5.37. The highest BCUT2D eigenvalue weighted by atomic mass is 16.6. The van der Waals surface area contributed by atoms with Crippen molar-refractivity contribution in [1.82, 2.24) is 10.2 Å². The summed E-state index contributed by atoms with van der Waals surface area (Å²) in [7, 11) is 1.55. The fraction of sp³-hybridized carbons (Fsp3) is 0.444. The van der Waals surface area contributed by atoms with E-state index in [1.54, 1.807) is 58.2 Å². The van der Waals surface area contributed by atoms with Gasteiger partial charge in [-0.1, -0.05) is 23.8 Å². The van der Waals surface area contributed by atoms with Gasteiger partial charge in [-0.2, -0.15) is 0 Å². The van der Waals surface area contributed by atoms with Gasteiger partial charge >= 0.3 is 6.09 Å². The summed E-state index contributed by atoms with van der Waals surface area (Å²) in [6.45, 7) is 9.98. The van der Waals surface area contributed by atoms with E-state index >= 15 is 0 Å². The number of methoxy groups -OCH3 is 1. The van der Waals surface area contributed by atoms with Crippen molar-refractivity contribution in [2.75, 3.05) is 25.6 Å². The van der Waals surface area contributed by atoms with Gasteiger partial charge in [0.15, 0.2) is 0 Å². The number of rotatable bonds is 9. The molecule has 0 bridgehead atoms. The quantitative estimate of drug-likeness (QED) is 0.484. The van der Waals surface area contributed by atoms with Gasteiger partial charge in [0.1, 0.15) is 23.4 Å². The number of nitrogens with zero attached hydrogens (tertiary/aromatic N) is 1. The van der Waals surface area contributed by atoms with Crippen molar-refractivity contribution >= 4 is 23.6 Å². The van der Waals surface area contributed by atoms with Gasteiger partial charge in [-0.25, -0.2) is 4.79 Å². The molecular formula is C27H37N3O6. The summed E-state index contributed by atoms with van der Waals surface area (Å²) in [6.07, 6.45) is -0.752. The van der Waals surface area contributed by atoms with Gasteiger partial charge < -0.3 is 30.1 Å². The molecule has 0 saturated heterocycles. The highest BCUT2D eigenvalue weighted by Gasteiger charge is 2.35. The first-order valence-corrected chi connectivity index (χ1v) is 11.8. The van der Waals surface area contributed by atoms with E-state index in [9.17, 15) is 19.5 Å². The minimum atomic E-state index is -1.06. The average molecular weight is 500 g/mol. The molecule has 9 nitrogen and oxygen atoms in total. The number of carbonyl (C=O) groups is 3. The fourth-order valence-corrected chi connectivity index (χ4v) is 3.74. The van der Waals surface area contributed by atoms with Gasteiger partial charge in [-0.05, 0) is 76.9 Å². The number of aryl methyl sites for hydroxylation is 2. The first kappa shape index (κ1) is 28.6. The van der Waals surface area contributed by atoms with Crippen molar-refractivity contribution in [2.45, 2.75) is 59.2 Å². The third kappa shape index (κ3) is 7.98. The molecule has 2 aromatic rings. The largest absolute Gasteiger partial charge is 0.497 e. The van der Waals surface area contributed by atoms with Crippen LogP contribution in [-0.2, 0) is 14.3 Å². The molecule has 196 valence electrons. The maximum atomic E-state index is 13.6. The summed E-state index contributed by atoms with van der Waals surface area (Å²) in [4.78, 5) is 40.7. The number of benzene rings is 2. The molecule has 0 aliphatic rings. The van der Waals surface area contributed by atoms with Crippen LogP contribution in [0.4, 0.5) is 10.5 Å². The number of nitrogens with one attached hydrogen (secondary N) is 2. The summed E-state index contributed by atoms with van der Waals surface area (Å²) in [6, 6.07) is 10.3. The molecule has 0 fully saturated rings. The number of aliphatic hydroxyl groups is 1. The molecule has 2 unspecified atom stereocenters. The maximum absolute atomic E-state index is 13.6. The second-order valence-electron chi connectivity index (χ2n) is 9.60. The van der Waals surface area contributed by atoms with E-state index in [0.717, 1.165) is 11.1 Å². The van der Waals surface area contributed by atoms with E-state index in [1.807, 2.05) is 26.0 Å². The highest BCUT2D eigenvalue weighted by molar-refractivity contribution is 5.99. The molecule has 36 heavy (non-hydrogen) atoms. The molecule has 9 heteroatoms. The van der Waals surface area contributed by atoms with Crippen LogP contribution >= 0.6 is 0 Å². The van der Waals surface area contributed by atoms with Crippen molar-refractivity contribution in [3.63, 3.8) is 0 Å². The Hall–Kier alpha value is -3.59. The zero-order valence-electron chi connectivity index (χ0n) is 22.0. The Morgan fingerprint density at radius 2 is 1.69 bits per heavy atom. The van der Waals surface area contributed by atoms with E-state index in [0.29, 0.717) is 17.0 Å². The first-order valence-electron chi connectivity index (χ1n) is 11.8. The Balaban J connectivity index is 2.42. The lowest BCUT2D eigenvalue weighted by Gasteiger charge is -2.34. The minimum absolute atomic E-state index is 0.118. The Morgan fingerprint density at radius 3 is 2.22 bits per heavy atom. The first-order chi connectivity index (χ1) is 16.9. The molecule has 0 aliphatic heterocycles. The predicted molar refractivity (Wildman–Crippen MR) is 138 cm³/mol. The van der Waals surface area contributed by atoms with Crippen molar-refractivity contribution in [3.05, 3.63) is 59.2 Å². The van der Waals surface area contributed by atoms with Crippen molar-refractivity contribution in [2.24, 2.45) is 0 Å². The second-order valence-corrected chi connectivity index (χ2v) is 9.60. The predicted octanol–water partition coefficient (Wildman–Crippen LogP) is 3.73. The topological polar surface area (TPSA) is 117 Å². The van der Waals surface area contributed by atoms with Crippen molar-refractivity contribution in [1.29, 1.82) is 0 Å². The van der Waals surface area contributed by atoms with E-state index in [-0.39, 0.29) is 13.2 Å². The van der Waals surface area contributed by atoms with Crippen molar-refractivity contribution < 1.29 is 29.0 Å². The van der Waals surface area contributed by atoms with E-state index in [2.05, 4.69) is 10.6 Å². The number of hydrogen-bond donors (Lipinski definition) is 3. The van der Waals surface area contributed by atoms with Crippen LogP contribution in [0.15, 0.2) is 42.5 Å². The zero-order chi connectivity index (χ0) is 27.0. The van der Waals surface area contributed by atoms with Crippen LogP contribution in [-0.4, -0.2) is 59.8 Å². The fourth-order valence-electron chi connectivity index (χ4n) is 3.74. The number of carbonyl (C=O) groups excluding carboxylic acids is 3. The number of aliphatic hydroxyl groups excluding tert-OH is 1. The van der Waals surface area contributed by atoms with Gasteiger partial charge in [0.25, 0.3) is 5.91 Å². The van der Waals surface area contributed by atoms with Crippen LogP contribution in [0.25, 0.3) is 0 Å². The lowest BCUT2D eigenvalue weighted by atomic mass is 9.96. The average Bonchev–Trinajstić information content (AvgIpc) is 2.78. The molecule has 0 saturated carbocycles. The molecule has 0 radical (unpaired) electrons. The molecule has 2 aromatic carbocycles. The summed E-state index contributed by atoms with van der Waals surface area (Å²) in [5, 5.41) is 15.2. The van der Waals surface area contributed by atoms with E-state index in [1.165, 1.54) is 11.8 Å². The number of ether oxygens (including phenoxy) is 2. The molecule has 3 amide bonds. The summed E-state index contributed by atoms with van der Waals surface area (Å²) in [5.41, 5.74) is 2.21. The standard InChI is InChI=1S/C27H37N3O6/c1-17-8-13-22(18(2)16-17)23(24(32)29-20-9-11-21(35-7)12-10-20)30(14-15-31)25(33)19(3)28-26(34)36-27(4,5)6/h8-13,16,19,23,31H,14-15H2,1-7H3,(H,28,34)(H,29,32). The van der Waals surface area contributed by atoms with Crippen LogP contribution in [0, 0.1) is 13.8 Å². The van der Waals surface area contributed by atoms with Gasteiger partial charge in [-0.15, -0.1) is 0 Å². The van der Waals surface area contributed by atoms with E-state index in [4.69, 9.17) is 9.47 Å². The van der Waals surface area contributed by atoms with Crippen LogP contribution in [0.3, 0.4) is 0 Å². The van der Waals surface area contributed by atoms with Crippen molar-refractivity contribution in [3.8, 4) is 5.75 Å². The summed E-state index contributed by atoms with van der Waals surface area (Å²) < 4.78 is 10.4. The Morgan fingerprint density at radius 1 is 1.06 bits per heavy atom. The highest BCUT2D eigenvalue weighted by Crippen LogP contribution is 2.28. The zero-order valence-corrected chi connectivity index (χ0v) is 22.0.